The van der Waals surface area contributed by atoms with Crippen LogP contribution in [0.5, 0.6) is 0 Å². The molecule has 32 heavy (non-hydrogen) atoms. The highest BCUT2D eigenvalue weighted by atomic mass is 19.1. The number of piperazine rings is 1. The average Bonchev–Trinajstić information content (AvgIpc) is 3.13. The monoisotopic (exact) mass is 456 g/mol. The number of amides is 2. The van der Waals surface area contributed by atoms with Crippen molar-refractivity contribution in [3.63, 3.8) is 0 Å². The van der Waals surface area contributed by atoms with Crippen molar-refractivity contribution in [2.75, 3.05) is 69.3 Å². The van der Waals surface area contributed by atoms with Gasteiger partial charge < -0.3 is 29.3 Å². The molecular weight excluding hydrogens is 430 g/mol. The van der Waals surface area contributed by atoms with E-state index >= 15 is 0 Å². The number of carbonyl (C=O) groups excluding carboxylic acids is 3. The number of halogens is 2. The lowest BCUT2D eigenvalue weighted by atomic mass is 10.2. The van der Waals surface area contributed by atoms with Gasteiger partial charge in [-0.05, 0) is 14.0 Å². The minimum Gasteiger partial charge on any atom is -0.440 e. The molecule has 0 spiro atoms. The Morgan fingerprint density at radius 1 is 1.16 bits per heavy atom. The summed E-state index contributed by atoms with van der Waals surface area (Å²) in [5.74, 6) is -1.72. The van der Waals surface area contributed by atoms with E-state index in [9.17, 15) is 23.2 Å². The van der Waals surface area contributed by atoms with Crippen LogP contribution in [-0.2, 0) is 19.0 Å². The number of nitrogens with zero attached hydrogens (tertiary/aromatic N) is 3. The first-order chi connectivity index (χ1) is 15.3. The van der Waals surface area contributed by atoms with Gasteiger partial charge in [0, 0.05) is 38.3 Å². The van der Waals surface area contributed by atoms with E-state index in [1.54, 1.807) is 18.9 Å². The second kappa shape index (κ2) is 10.4. The molecule has 1 atom stereocenters. The zero-order valence-corrected chi connectivity index (χ0v) is 17.9. The minimum absolute atomic E-state index is 0.00443. The van der Waals surface area contributed by atoms with Crippen molar-refractivity contribution >= 4 is 29.5 Å². The van der Waals surface area contributed by atoms with Crippen molar-refractivity contribution in [3.05, 3.63) is 23.8 Å². The maximum absolute atomic E-state index is 14.9. The Morgan fingerprint density at radius 3 is 2.41 bits per heavy atom. The predicted molar refractivity (Wildman–Crippen MR) is 110 cm³/mol. The van der Waals surface area contributed by atoms with Gasteiger partial charge in [0.1, 0.15) is 12.3 Å². The first-order valence-electron chi connectivity index (χ1n) is 10.3. The summed E-state index contributed by atoms with van der Waals surface area (Å²) in [6.45, 7) is 2.95. The molecule has 1 N–H and O–H groups in total. The van der Waals surface area contributed by atoms with Crippen LogP contribution in [0.3, 0.4) is 0 Å². The number of carbonyl (C=O) groups is 3. The fourth-order valence-electron chi connectivity index (χ4n) is 3.59. The Balaban J connectivity index is 1.64. The highest BCUT2D eigenvalue weighted by Gasteiger charge is 2.35. The third-order valence-corrected chi connectivity index (χ3v) is 5.11. The van der Waals surface area contributed by atoms with Gasteiger partial charge in [0.25, 0.3) is 0 Å². The van der Waals surface area contributed by atoms with E-state index in [4.69, 9.17) is 9.47 Å². The Kier molecular flexibility index (Phi) is 7.67. The first kappa shape index (κ1) is 23.5. The number of anilines is 2. The van der Waals surface area contributed by atoms with Crippen molar-refractivity contribution in [1.82, 2.24) is 10.2 Å². The molecule has 2 fully saturated rings. The zero-order chi connectivity index (χ0) is 23.3. The molecule has 0 aliphatic carbocycles. The van der Waals surface area contributed by atoms with E-state index in [-0.39, 0.29) is 56.7 Å². The van der Waals surface area contributed by atoms with Crippen LogP contribution < -0.4 is 15.1 Å². The van der Waals surface area contributed by atoms with Gasteiger partial charge in [0.2, 0.25) is 5.91 Å². The van der Waals surface area contributed by atoms with Crippen molar-refractivity contribution in [1.29, 1.82) is 0 Å². The number of hydrogen-bond donors (Lipinski definition) is 1. The molecule has 1 unspecified atom stereocenters. The number of hydrogen-bond acceptors (Lipinski definition) is 8. The molecule has 0 bridgehead atoms. The van der Waals surface area contributed by atoms with Gasteiger partial charge in [0.05, 0.1) is 25.4 Å². The minimum atomic E-state index is -0.892. The first-order valence-corrected chi connectivity index (χ1v) is 10.3. The Morgan fingerprint density at radius 2 is 1.81 bits per heavy atom. The topological polar surface area (TPSA) is 101 Å². The number of rotatable bonds is 7. The van der Waals surface area contributed by atoms with Gasteiger partial charge in [-0.3, -0.25) is 9.69 Å². The summed E-state index contributed by atoms with van der Waals surface area (Å²) in [5.41, 5.74) is -0.209. The fourth-order valence-corrected chi connectivity index (χ4v) is 3.59. The summed E-state index contributed by atoms with van der Waals surface area (Å²) in [4.78, 5) is 39.6. The van der Waals surface area contributed by atoms with Gasteiger partial charge in [-0.1, -0.05) is 0 Å². The Hall–Kier alpha value is -3.15. The molecule has 1 aromatic rings. The molecular formula is C20H26F2N4O6. The Bertz CT molecular complexity index is 839. The number of ether oxygens (including phenoxy) is 3. The molecule has 0 radical (unpaired) electrons. The lowest BCUT2D eigenvalue weighted by Gasteiger charge is -2.36. The molecule has 2 aliphatic rings. The summed E-state index contributed by atoms with van der Waals surface area (Å²) >= 11 is 0. The highest BCUT2D eigenvalue weighted by molar-refractivity contribution is 5.90. The molecule has 10 nitrogen and oxygen atoms in total. The quantitative estimate of drug-likeness (QED) is 0.614. The summed E-state index contributed by atoms with van der Waals surface area (Å²) in [5, 5.41) is 2.79. The van der Waals surface area contributed by atoms with E-state index < -0.39 is 30.0 Å². The zero-order valence-electron chi connectivity index (χ0n) is 17.9. The van der Waals surface area contributed by atoms with Gasteiger partial charge in [-0.2, -0.15) is 0 Å². The second-order valence-corrected chi connectivity index (χ2v) is 7.27. The standard InChI is InChI=1S/C20H26F2N4O6/c1-3-30-20(29)31-12-14-11-26(19(28)32-14)13-8-15(21)18(16(22)9-13)25-6-4-24(5-7-25)17(27)10-23-2/h8-9,14,23H,3-7,10-12H2,1-2H3. The maximum Gasteiger partial charge on any atom is 0.508 e. The van der Waals surface area contributed by atoms with Crippen LogP contribution in [0.4, 0.5) is 29.7 Å². The third-order valence-electron chi connectivity index (χ3n) is 5.11. The maximum atomic E-state index is 14.9. The summed E-state index contributed by atoms with van der Waals surface area (Å²) < 4.78 is 44.3. The SMILES string of the molecule is CCOC(=O)OCC1CN(c2cc(F)c(N3CCN(C(=O)CNC)CC3)c(F)c2)C(=O)O1. The molecule has 2 amide bonds. The van der Waals surface area contributed by atoms with Crippen LogP contribution in [0.25, 0.3) is 0 Å². The highest BCUT2D eigenvalue weighted by Crippen LogP contribution is 2.31. The van der Waals surface area contributed by atoms with E-state index in [1.165, 1.54) is 4.90 Å². The van der Waals surface area contributed by atoms with E-state index in [0.29, 0.717) is 13.1 Å². The lowest BCUT2D eigenvalue weighted by Crippen LogP contribution is -2.51. The van der Waals surface area contributed by atoms with Crippen molar-refractivity contribution in [2.45, 2.75) is 13.0 Å². The number of cyclic esters (lactones) is 1. The molecule has 176 valence electrons. The van der Waals surface area contributed by atoms with E-state index in [0.717, 1.165) is 17.0 Å². The fraction of sp³-hybridized carbons (Fsp3) is 0.550. The smallest absolute Gasteiger partial charge is 0.440 e. The van der Waals surface area contributed by atoms with Gasteiger partial charge in [-0.25, -0.2) is 18.4 Å². The molecule has 3 rings (SSSR count). The molecule has 2 aliphatic heterocycles. The summed E-state index contributed by atoms with van der Waals surface area (Å²) in [6.07, 6.45) is -2.48. The van der Waals surface area contributed by atoms with Crippen LogP contribution in [-0.4, -0.2) is 88.7 Å². The van der Waals surface area contributed by atoms with Crippen LogP contribution in [0.1, 0.15) is 6.92 Å². The lowest BCUT2D eigenvalue weighted by molar-refractivity contribution is -0.130. The molecule has 0 aromatic heterocycles. The van der Waals surface area contributed by atoms with Crippen LogP contribution >= 0.6 is 0 Å². The van der Waals surface area contributed by atoms with Crippen LogP contribution in [0, 0.1) is 11.6 Å². The average molecular weight is 456 g/mol. The number of likely N-dealkylation sites (N-methyl/N-ethyl adjacent to an activating group) is 1. The van der Waals surface area contributed by atoms with Crippen molar-refractivity contribution in [3.8, 4) is 0 Å². The van der Waals surface area contributed by atoms with Gasteiger partial charge >= 0.3 is 12.2 Å². The third kappa shape index (κ3) is 5.36. The van der Waals surface area contributed by atoms with Crippen molar-refractivity contribution < 1.29 is 37.4 Å². The van der Waals surface area contributed by atoms with Gasteiger partial charge in [-0.15, -0.1) is 0 Å². The normalized spacial score (nSPS) is 18.6. The molecule has 1 aromatic carbocycles. The number of nitrogens with one attached hydrogen (secondary N) is 1. The van der Waals surface area contributed by atoms with Crippen LogP contribution in [0.15, 0.2) is 12.1 Å². The summed E-state index contributed by atoms with van der Waals surface area (Å²) in [7, 11) is 1.67. The molecule has 2 heterocycles. The molecule has 2 saturated heterocycles. The Labute approximate surface area is 184 Å². The molecule has 12 heteroatoms. The van der Waals surface area contributed by atoms with E-state index in [2.05, 4.69) is 10.1 Å². The van der Waals surface area contributed by atoms with Gasteiger partial charge in [0.15, 0.2) is 17.7 Å². The van der Waals surface area contributed by atoms with E-state index in [1.807, 2.05) is 0 Å². The van der Waals surface area contributed by atoms with Crippen molar-refractivity contribution in [2.24, 2.45) is 0 Å². The number of benzene rings is 1. The second-order valence-electron chi connectivity index (χ2n) is 7.27. The summed E-state index contributed by atoms with van der Waals surface area (Å²) in [6, 6.07) is 2.12. The largest absolute Gasteiger partial charge is 0.508 e. The molecule has 0 saturated carbocycles. The van der Waals surface area contributed by atoms with Crippen LogP contribution in [0.2, 0.25) is 0 Å². The predicted octanol–water partition coefficient (Wildman–Crippen LogP) is 1.33.